The van der Waals surface area contributed by atoms with Crippen LogP contribution in [0.15, 0.2) is 84.9 Å². The lowest BCUT2D eigenvalue weighted by atomic mass is 9.76. The maximum Gasteiger partial charge on any atom is 0.125 e. The molecule has 1 atom stereocenters. The number of para-hydroxylation sites is 2. The van der Waals surface area contributed by atoms with E-state index in [9.17, 15) is 0 Å². The second-order valence-electron chi connectivity index (χ2n) is 8.37. The van der Waals surface area contributed by atoms with Crippen LogP contribution in [0.2, 0.25) is 0 Å². The Kier molecular flexibility index (Phi) is 6.12. The van der Waals surface area contributed by atoms with Gasteiger partial charge in [-0.2, -0.15) is 0 Å². The van der Waals surface area contributed by atoms with Crippen LogP contribution in [0.1, 0.15) is 39.3 Å². The number of hydrogen-bond donors (Lipinski definition) is 0. The van der Waals surface area contributed by atoms with Crippen molar-refractivity contribution in [2.24, 2.45) is 0 Å². The summed E-state index contributed by atoms with van der Waals surface area (Å²) in [5.74, 6) is 1.04. The Morgan fingerprint density at radius 1 is 0.688 bits per heavy atom. The lowest BCUT2D eigenvalue weighted by Crippen LogP contribution is -2.23. The van der Waals surface area contributed by atoms with E-state index < -0.39 is 0 Å². The van der Waals surface area contributed by atoms with E-state index >= 15 is 0 Å². The Balaban J connectivity index is 0.00000245. The fourth-order valence-electron chi connectivity index (χ4n) is 5.22. The zero-order chi connectivity index (χ0) is 21.5. The third-order valence-electron chi connectivity index (χ3n) is 6.32. The molecule has 0 saturated heterocycles. The van der Waals surface area contributed by atoms with Gasteiger partial charge in [0.1, 0.15) is 5.75 Å². The maximum absolute atomic E-state index is 5.94. The van der Waals surface area contributed by atoms with E-state index in [0.717, 1.165) is 11.4 Å². The van der Waals surface area contributed by atoms with Crippen LogP contribution in [0.4, 0.5) is 17.1 Å². The van der Waals surface area contributed by atoms with Crippen molar-refractivity contribution in [2.75, 3.05) is 12.0 Å². The molecule has 5 rings (SSSR count). The van der Waals surface area contributed by atoms with Gasteiger partial charge in [0, 0.05) is 17.2 Å². The highest BCUT2D eigenvalue weighted by molar-refractivity contribution is 8.93. The Hall–Kier alpha value is -3.04. The molecule has 0 spiro atoms. The van der Waals surface area contributed by atoms with Crippen LogP contribution in [-0.4, -0.2) is 7.11 Å². The van der Waals surface area contributed by atoms with Crippen molar-refractivity contribution in [1.29, 1.82) is 0 Å². The van der Waals surface area contributed by atoms with E-state index in [1.807, 2.05) is 0 Å². The van der Waals surface area contributed by atoms with Crippen molar-refractivity contribution in [3.63, 3.8) is 0 Å². The molecule has 0 fully saturated rings. The molecule has 0 N–H and O–H groups in total. The first-order valence-corrected chi connectivity index (χ1v) is 10.8. The van der Waals surface area contributed by atoms with E-state index in [0.29, 0.717) is 0 Å². The Bertz CT molecular complexity index is 1240. The topological polar surface area (TPSA) is 12.5 Å². The van der Waals surface area contributed by atoms with Crippen LogP contribution in [0.25, 0.3) is 0 Å². The lowest BCUT2D eigenvalue weighted by molar-refractivity contribution is 0.409. The Morgan fingerprint density at radius 2 is 1.31 bits per heavy atom. The number of anilines is 3. The number of rotatable bonds is 3. The largest absolute Gasteiger partial charge is 0.496 e. The molecule has 3 heteroatoms. The molecule has 1 aliphatic heterocycles. The Morgan fingerprint density at radius 3 is 2.00 bits per heavy atom. The molecule has 0 radical (unpaired) electrons. The summed E-state index contributed by atoms with van der Waals surface area (Å²) < 4.78 is 5.94. The minimum atomic E-state index is 0. The van der Waals surface area contributed by atoms with Crippen LogP contribution >= 0.6 is 17.0 Å². The monoisotopic (exact) mass is 485 g/mol. The highest BCUT2D eigenvalue weighted by Crippen LogP contribution is 2.54. The molecule has 0 amide bonds. The summed E-state index contributed by atoms with van der Waals surface area (Å²) in [5, 5.41) is 0. The molecule has 0 aromatic heterocycles. The van der Waals surface area contributed by atoms with Crippen LogP contribution < -0.4 is 9.64 Å². The Labute approximate surface area is 201 Å². The van der Waals surface area contributed by atoms with Crippen molar-refractivity contribution in [1.82, 2.24) is 0 Å². The predicted octanol–water partition coefficient (Wildman–Crippen LogP) is 8.16. The number of methoxy groups -OCH3 is 1. The highest BCUT2D eigenvalue weighted by Gasteiger charge is 2.35. The summed E-state index contributed by atoms with van der Waals surface area (Å²) in [6.45, 7) is 6.64. The minimum absolute atomic E-state index is 0. The minimum Gasteiger partial charge on any atom is -0.496 e. The summed E-state index contributed by atoms with van der Waals surface area (Å²) in [5.41, 5.74) is 11.4. The van der Waals surface area contributed by atoms with Gasteiger partial charge in [0.2, 0.25) is 0 Å². The predicted molar refractivity (Wildman–Crippen MR) is 140 cm³/mol. The van der Waals surface area contributed by atoms with Crippen LogP contribution in [0.3, 0.4) is 0 Å². The van der Waals surface area contributed by atoms with Gasteiger partial charge in [-0.15, -0.1) is 17.0 Å². The maximum atomic E-state index is 5.94. The molecule has 0 saturated carbocycles. The number of hydrogen-bond acceptors (Lipinski definition) is 2. The van der Waals surface area contributed by atoms with Crippen molar-refractivity contribution >= 4 is 34.0 Å². The van der Waals surface area contributed by atoms with Gasteiger partial charge in [-0.1, -0.05) is 60.2 Å². The average Bonchev–Trinajstić information content (AvgIpc) is 2.78. The van der Waals surface area contributed by atoms with Gasteiger partial charge in [0.05, 0.1) is 18.5 Å². The molecule has 0 bridgehead atoms. The SMILES string of the molecule is Br.COc1cccc2c1C(c1c(C)cc(C)cc1C)c1ccccc1N2c1ccccc1. The van der Waals surface area contributed by atoms with Gasteiger partial charge in [-0.05, 0) is 73.4 Å². The van der Waals surface area contributed by atoms with Gasteiger partial charge < -0.3 is 9.64 Å². The van der Waals surface area contributed by atoms with Gasteiger partial charge >= 0.3 is 0 Å². The first-order chi connectivity index (χ1) is 15.1. The molecule has 1 unspecified atom stereocenters. The normalized spacial score (nSPS) is 14.2. The number of benzene rings is 4. The molecule has 1 heterocycles. The molecule has 4 aromatic carbocycles. The number of aryl methyl sites for hydroxylation is 3. The smallest absolute Gasteiger partial charge is 0.125 e. The fraction of sp³-hybridized carbons (Fsp3) is 0.172. The van der Waals surface area contributed by atoms with Crippen LogP contribution in [-0.2, 0) is 0 Å². The molecule has 0 aliphatic carbocycles. The van der Waals surface area contributed by atoms with Gasteiger partial charge in [-0.3, -0.25) is 0 Å². The van der Waals surface area contributed by atoms with E-state index in [4.69, 9.17) is 4.74 Å². The molecule has 2 nitrogen and oxygen atoms in total. The summed E-state index contributed by atoms with van der Waals surface area (Å²) in [6.07, 6.45) is 0. The first kappa shape index (κ1) is 22.2. The van der Waals surface area contributed by atoms with Gasteiger partial charge in [0.25, 0.3) is 0 Å². The van der Waals surface area contributed by atoms with Crippen molar-refractivity contribution in [2.45, 2.75) is 26.7 Å². The number of ether oxygens (including phenoxy) is 1. The van der Waals surface area contributed by atoms with Crippen LogP contribution in [0.5, 0.6) is 5.75 Å². The number of fused-ring (bicyclic) bond motifs is 2. The first-order valence-electron chi connectivity index (χ1n) is 10.8. The molecule has 1 aliphatic rings. The lowest BCUT2D eigenvalue weighted by Gasteiger charge is -2.39. The zero-order valence-corrected chi connectivity index (χ0v) is 20.6. The summed E-state index contributed by atoms with van der Waals surface area (Å²) in [4.78, 5) is 2.36. The van der Waals surface area contributed by atoms with E-state index in [1.54, 1.807) is 7.11 Å². The average molecular weight is 486 g/mol. The summed E-state index contributed by atoms with van der Waals surface area (Å²) in [6, 6.07) is 30.4. The third-order valence-corrected chi connectivity index (χ3v) is 6.32. The van der Waals surface area contributed by atoms with Crippen LogP contribution in [0, 0.1) is 20.8 Å². The number of nitrogens with zero attached hydrogens (tertiary/aromatic N) is 1. The summed E-state index contributed by atoms with van der Waals surface area (Å²) >= 11 is 0. The quantitative estimate of drug-likeness (QED) is 0.255. The third kappa shape index (κ3) is 3.51. The molecule has 4 aromatic rings. The van der Waals surface area contributed by atoms with Gasteiger partial charge in [0.15, 0.2) is 0 Å². The molecule has 162 valence electrons. The van der Waals surface area contributed by atoms with Crippen molar-refractivity contribution in [3.05, 3.63) is 118 Å². The van der Waals surface area contributed by atoms with Crippen molar-refractivity contribution in [3.8, 4) is 5.75 Å². The van der Waals surface area contributed by atoms with Crippen molar-refractivity contribution < 1.29 is 4.74 Å². The van der Waals surface area contributed by atoms with E-state index in [-0.39, 0.29) is 22.9 Å². The molecular formula is C29H28BrNO. The summed E-state index contributed by atoms with van der Waals surface area (Å²) in [7, 11) is 1.77. The fourth-order valence-corrected chi connectivity index (χ4v) is 5.22. The van der Waals surface area contributed by atoms with Gasteiger partial charge in [-0.25, -0.2) is 0 Å². The number of halogens is 1. The standard InChI is InChI=1S/C29H27NO.BrH/c1-19-17-20(2)27(21(3)18-19)28-23-13-8-9-14-24(23)30(22-11-6-5-7-12-22)25-15-10-16-26(31-4)29(25)28;/h5-18,28H,1-4H3;1H. The van der Waals surface area contributed by atoms with E-state index in [1.165, 1.54) is 44.8 Å². The second-order valence-corrected chi connectivity index (χ2v) is 8.37. The van der Waals surface area contributed by atoms with E-state index in [2.05, 4.69) is 111 Å². The molecule has 32 heavy (non-hydrogen) atoms. The second kappa shape index (κ2) is 8.84. The highest BCUT2D eigenvalue weighted by atomic mass is 79.9. The zero-order valence-electron chi connectivity index (χ0n) is 18.9. The molecular weight excluding hydrogens is 458 g/mol.